The van der Waals surface area contributed by atoms with E-state index in [0.717, 1.165) is 5.65 Å². The topological polar surface area (TPSA) is 50.4 Å². The number of rotatable bonds is 1. The smallest absolute Gasteiger partial charge is 0.155 e. The predicted octanol–water partition coefficient (Wildman–Crippen LogP) is 0.783. The average molecular weight is 163 g/mol. The molecule has 1 atom stereocenters. The minimum absolute atomic E-state index is 0.535. The van der Waals surface area contributed by atoms with E-state index in [4.69, 9.17) is 0 Å². The molecule has 0 saturated heterocycles. The van der Waals surface area contributed by atoms with Gasteiger partial charge >= 0.3 is 0 Å². The van der Waals surface area contributed by atoms with E-state index in [1.165, 1.54) is 0 Å². The number of nitrogens with zero attached hydrogens (tertiary/aromatic N) is 3. The Labute approximate surface area is 69.5 Å². The molecule has 12 heavy (non-hydrogen) atoms. The summed E-state index contributed by atoms with van der Waals surface area (Å²) in [4.78, 5) is 4.07. The Morgan fingerprint density at radius 2 is 2.42 bits per heavy atom. The zero-order valence-electron chi connectivity index (χ0n) is 6.68. The molecule has 4 heteroatoms. The monoisotopic (exact) mass is 163 g/mol. The maximum Gasteiger partial charge on any atom is 0.155 e. The van der Waals surface area contributed by atoms with Crippen LogP contribution in [0.1, 0.15) is 18.7 Å². The van der Waals surface area contributed by atoms with Crippen LogP contribution in [-0.2, 0) is 0 Å². The molecule has 0 radical (unpaired) electrons. The van der Waals surface area contributed by atoms with Crippen LogP contribution in [0.5, 0.6) is 0 Å². The van der Waals surface area contributed by atoms with Crippen LogP contribution in [0, 0.1) is 0 Å². The summed E-state index contributed by atoms with van der Waals surface area (Å²) in [6.07, 6.45) is 2.96. The molecular formula is C8H9N3O. The van der Waals surface area contributed by atoms with E-state index in [1.807, 2.05) is 0 Å². The van der Waals surface area contributed by atoms with Crippen LogP contribution in [0.4, 0.5) is 0 Å². The first-order valence-corrected chi connectivity index (χ1v) is 3.76. The Kier molecular flexibility index (Phi) is 1.55. The van der Waals surface area contributed by atoms with Crippen LogP contribution >= 0.6 is 0 Å². The first-order chi connectivity index (χ1) is 5.77. The molecule has 4 nitrogen and oxygen atoms in total. The van der Waals surface area contributed by atoms with Gasteiger partial charge in [0.05, 0.1) is 11.8 Å². The molecular weight excluding hydrogens is 154 g/mol. The van der Waals surface area contributed by atoms with Gasteiger partial charge in [0.1, 0.15) is 0 Å². The second kappa shape index (κ2) is 2.57. The Morgan fingerprint density at radius 1 is 1.58 bits per heavy atom. The summed E-state index contributed by atoms with van der Waals surface area (Å²) in [5.41, 5.74) is 1.40. The highest BCUT2D eigenvalue weighted by atomic mass is 16.3. The van der Waals surface area contributed by atoms with Gasteiger partial charge in [-0.1, -0.05) is 0 Å². The lowest BCUT2D eigenvalue weighted by molar-refractivity contribution is 0.194. The third-order valence-electron chi connectivity index (χ3n) is 1.68. The lowest BCUT2D eigenvalue weighted by Gasteiger charge is -1.94. The van der Waals surface area contributed by atoms with Crippen LogP contribution in [0.2, 0.25) is 0 Å². The molecule has 0 aliphatic carbocycles. The van der Waals surface area contributed by atoms with Gasteiger partial charge in [0, 0.05) is 18.5 Å². The van der Waals surface area contributed by atoms with Crippen molar-refractivity contribution in [2.24, 2.45) is 0 Å². The number of aromatic nitrogens is 3. The zero-order chi connectivity index (χ0) is 8.55. The minimum Gasteiger partial charge on any atom is -0.387 e. The van der Waals surface area contributed by atoms with Gasteiger partial charge in [0.15, 0.2) is 5.65 Å². The van der Waals surface area contributed by atoms with E-state index in [2.05, 4.69) is 10.1 Å². The Hall–Kier alpha value is -1.42. The van der Waals surface area contributed by atoms with Gasteiger partial charge < -0.3 is 5.11 Å². The SMILES string of the molecule is C[C@@H](O)c1cc2ncccn2n1. The van der Waals surface area contributed by atoms with Crippen molar-refractivity contribution in [1.29, 1.82) is 0 Å². The zero-order valence-corrected chi connectivity index (χ0v) is 6.68. The van der Waals surface area contributed by atoms with Crippen molar-refractivity contribution < 1.29 is 5.11 Å². The minimum atomic E-state index is -0.535. The number of aliphatic hydroxyl groups is 1. The van der Waals surface area contributed by atoms with E-state index >= 15 is 0 Å². The van der Waals surface area contributed by atoms with Gasteiger partial charge in [0.25, 0.3) is 0 Å². The van der Waals surface area contributed by atoms with Crippen LogP contribution in [0.25, 0.3) is 5.65 Å². The van der Waals surface area contributed by atoms with E-state index in [1.54, 1.807) is 36.0 Å². The molecule has 0 fully saturated rings. The van der Waals surface area contributed by atoms with Crippen molar-refractivity contribution in [2.75, 3.05) is 0 Å². The van der Waals surface area contributed by atoms with Crippen molar-refractivity contribution >= 4 is 5.65 Å². The lowest BCUT2D eigenvalue weighted by atomic mass is 10.3. The summed E-state index contributed by atoms with van der Waals surface area (Å²) in [6, 6.07) is 3.57. The Morgan fingerprint density at radius 3 is 3.08 bits per heavy atom. The van der Waals surface area contributed by atoms with Crippen molar-refractivity contribution in [3.05, 3.63) is 30.2 Å². The lowest BCUT2D eigenvalue weighted by Crippen LogP contribution is -1.92. The van der Waals surface area contributed by atoms with Crippen LogP contribution in [0.3, 0.4) is 0 Å². The summed E-state index contributed by atoms with van der Waals surface area (Å²) in [7, 11) is 0. The molecule has 0 saturated carbocycles. The van der Waals surface area contributed by atoms with Crippen molar-refractivity contribution in [2.45, 2.75) is 13.0 Å². The van der Waals surface area contributed by atoms with Crippen LogP contribution in [-0.4, -0.2) is 19.7 Å². The second-order valence-corrected chi connectivity index (χ2v) is 2.67. The highest BCUT2D eigenvalue weighted by molar-refractivity contribution is 5.38. The fraction of sp³-hybridized carbons (Fsp3) is 0.250. The van der Waals surface area contributed by atoms with Gasteiger partial charge in [0.2, 0.25) is 0 Å². The van der Waals surface area contributed by atoms with Gasteiger partial charge in [-0.2, -0.15) is 5.10 Å². The fourth-order valence-electron chi connectivity index (χ4n) is 1.05. The fourth-order valence-corrected chi connectivity index (χ4v) is 1.05. The normalized spacial score (nSPS) is 13.5. The predicted molar refractivity (Wildman–Crippen MR) is 43.6 cm³/mol. The summed E-state index contributed by atoms with van der Waals surface area (Å²) in [5.74, 6) is 0. The van der Waals surface area contributed by atoms with E-state index < -0.39 is 6.10 Å². The largest absolute Gasteiger partial charge is 0.387 e. The molecule has 0 bridgehead atoms. The van der Waals surface area contributed by atoms with Crippen molar-refractivity contribution in [3.63, 3.8) is 0 Å². The highest BCUT2D eigenvalue weighted by Gasteiger charge is 2.05. The van der Waals surface area contributed by atoms with E-state index in [0.29, 0.717) is 5.69 Å². The number of aliphatic hydroxyl groups excluding tert-OH is 1. The Bertz CT molecular complexity index is 361. The molecule has 2 rings (SSSR count). The van der Waals surface area contributed by atoms with Crippen LogP contribution < -0.4 is 0 Å². The van der Waals surface area contributed by atoms with Crippen molar-refractivity contribution in [1.82, 2.24) is 14.6 Å². The quantitative estimate of drug-likeness (QED) is 0.676. The second-order valence-electron chi connectivity index (χ2n) is 2.67. The maximum atomic E-state index is 9.22. The highest BCUT2D eigenvalue weighted by Crippen LogP contribution is 2.10. The summed E-state index contributed by atoms with van der Waals surface area (Å²) in [5, 5.41) is 13.3. The summed E-state index contributed by atoms with van der Waals surface area (Å²) < 4.78 is 1.64. The molecule has 0 aliphatic heterocycles. The number of fused-ring (bicyclic) bond motifs is 1. The van der Waals surface area contributed by atoms with E-state index in [9.17, 15) is 5.11 Å². The molecule has 0 unspecified atom stereocenters. The standard InChI is InChI=1S/C8H9N3O/c1-6(12)7-5-8-9-3-2-4-11(8)10-7/h2-6,12H,1H3/t6-/m1/s1. The third-order valence-corrected chi connectivity index (χ3v) is 1.68. The molecule has 2 aromatic rings. The molecule has 0 amide bonds. The molecule has 0 aliphatic rings. The van der Waals surface area contributed by atoms with Gasteiger partial charge in [-0.25, -0.2) is 9.50 Å². The molecule has 1 N–H and O–H groups in total. The van der Waals surface area contributed by atoms with Crippen molar-refractivity contribution in [3.8, 4) is 0 Å². The number of hydrogen-bond donors (Lipinski definition) is 1. The third kappa shape index (κ3) is 1.06. The van der Waals surface area contributed by atoms with Crippen LogP contribution in [0.15, 0.2) is 24.5 Å². The van der Waals surface area contributed by atoms with Gasteiger partial charge in [-0.15, -0.1) is 0 Å². The van der Waals surface area contributed by atoms with E-state index in [-0.39, 0.29) is 0 Å². The van der Waals surface area contributed by atoms with Gasteiger partial charge in [-0.05, 0) is 13.0 Å². The molecule has 2 aromatic heterocycles. The summed E-state index contributed by atoms with van der Waals surface area (Å²) in [6.45, 7) is 1.68. The first kappa shape index (κ1) is 7.24. The van der Waals surface area contributed by atoms with Gasteiger partial charge in [-0.3, -0.25) is 0 Å². The first-order valence-electron chi connectivity index (χ1n) is 3.76. The average Bonchev–Trinajstić information content (AvgIpc) is 2.46. The molecule has 2 heterocycles. The summed E-state index contributed by atoms with van der Waals surface area (Å²) >= 11 is 0. The number of hydrogen-bond acceptors (Lipinski definition) is 3. The molecule has 0 spiro atoms. The molecule has 0 aromatic carbocycles. The Balaban J connectivity index is 2.62. The molecule has 62 valence electrons. The maximum absolute atomic E-state index is 9.22.